The van der Waals surface area contributed by atoms with Crippen molar-refractivity contribution in [1.82, 2.24) is 10.4 Å². The summed E-state index contributed by atoms with van der Waals surface area (Å²) in [6.07, 6.45) is 1.47. The largest absolute Gasteiger partial charge is 0.388 e. The lowest BCUT2D eigenvalue weighted by atomic mass is 10.3. The third kappa shape index (κ3) is 3.96. The maximum absolute atomic E-state index is 5.43. The Kier molecular flexibility index (Phi) is 4.07. The highest BCUT2D eigenvalue weighted by molar-refractivity contribution is 7.80. The molecule has 1 heterocycles. The van der Waals surface area contributed by atoms with Crippen LogP contribution in [0.3, 0.4) is 0 Å². The standard InChI is InChI=1S/C8H9N5S2/c9-7(14)6-3-1-2-5(12-6)4-11-13-8(10)15/h1-4H,(H2,9,14)(H3,10,13,15)/b11-4-. The van der Waals surface area contributed by atoms with Gasteiger partial charge in [0, 0.05) is 0 Å². The number of thiocarbonyl (C=S) groups is 2. The van der Waals surface area contributed by atoms with Crippen molar-refractivity contribution in [3.63, 3.8) is 0 Å². The third-order valence-electron chi connectivity index (χ3n) is 1.39. The molecule has 0 unspecified atom stereocenters. The number of nitrogens with two attached hydrogens (primary N) is 2. The van der Waals surface area contributed by atoms with E-state index in [1.807, 2.05) is 0 Å². The number of hydrogen-bond donors (Lipinski definition) is 3. The molecule has 0 fully saturated rings. The summed E-state index contributed by atoms with van der Waals surface area (Å²) >= 11 is 9.36. The van der Waals surface area contributed by atoms with E-state index in [2.05, 4.69) is 27.7 Å². The summed E-state index contributed by atoms with van der Waals surface area (Å²) in [7, 11) is 0. The monoisotopic (exact) mass is 239 g/mol. The van der Waals surface area contributed by atoms with E-state index in [0.717, 1.165) is 0 Å². The summed E-state index contributed by atoms with van der Waals surface area (Å²) in [5.74, 6) is 0. The van der Waals surface area contributed by atoms with Crippen LogP contribution in [-0.2, 0) is 0 Å². The summed E-state index contributed by atoms with van der Waals surface area (Å²) in [6, 6.07) is 5.26. The lowest BCUT2D eigenvalue weighted by Crippen LogP contribution is -2.24. The lowest BCUT2D eigenvalue weighted by molar-refractivity contribution is 1.04. The maximum Gasteiger partial charge on any atom is 0.184 e. The zero-order valence-electron chi connectivity index (χ0n) is 7.68. The molecule has 0 spiro atoms. The van der Waals surface area contributed by atoms with Crippen LogP contribution in [0.25, 0.3) is 0 Å². The van der Waals surface area contributed by atoms with Crippen LogP contribution in [0, 0.1) is 0 Å². The van der Waals surface area contributed by atoms with E-state index < -0.39 is 0 Å². The topological polar surface area (TPSA) is 89.3 Å². The van der Waals surface area contributed by atoms with Crippen molar-refractivity contribution in [2.45, 2.75) is 0 Å². The molecule has 0 bridgehead atoms. The Hall–Kier alpha value is -1.60. The quantitative estimate of drug-likeness (QED) is 0.387. The van der Waals surface area contributed by atoms with Crippen LogP contribution in [0.2, 0.25) is 0 Å². The number of pyridine rings is 1. The molecule has 7 heteroatoms. The molecule has 0 radical (unpaired) electrons. The number of aromatic nitrogens is 1. The fraction of sp³-hybridized carbons (Fsp3) is 0. The fourth-order valence-electron chi connectivity index (χ4n) is 0.823. The van der Waals surface area contributed by atoms with Crippen molar-refractivity contribution in [3.05, 3.63) is 29.6 Å². The van der Waals surface area contributed by atoms with Crippen molar-refractivity contribution >= 4 is 40.8 Å². The molecule has 0 aromatic carbocycles. The van der Waals surface area contributed by atoms with Gasteiger partial charge in [0.05, 0.1) is 17.6 Å². The van der Waals surface area contributed by atoms with Crippen molar-refractivity contribution in [2.75, 3.05) is 0 Å². The van der Waals surface area contributed by atoms with E-state index in [-0.39, 0.29) is 10.1 Å². The molecule has 5 nitrogen and oxygen atoms in total. The van der Waals surface area contributed by atoms with E-state index in [4.69, 9.17) is 23.7 Å². The second-order valence-corrected chi connectivity index (χ2v) is 3.43. The second kappa shape index (κ2) is 5.32. The molecule has 0 aliphatic heterocycles. The minimum absolute atomic E-state index is 0.0942. The van der Waals surface area contributed by atoms with E-state index in [1.165, 1.54) is 6.21 Å². The van der Waals surface area contributed by atoms with Crippen LogP contribution in [0.5, 0.6) is 0 Å². The number of rotatable bonds is 3. The van der Waals surface area contributed by atoms with E-state index in [1.54, 1.807) is 18.2 Å². The molecule has 0 amide bonds. The average Bonchev–Trinajstić information content (AvgIpc) is 2.17. The van der Waals surface area contributed by atoms with Crippen LogP contribution >= 0.6 is 24.4 Å². The number of hydrazone groups is 1. The molecule has 0 aliphatic carbocycles. The Morgan fingerprint density at radius 3 is 2.73 bits per heavy atom. The summed E-state index contributed by atoms with van der Waals surface area (Å²) in [6.45, 7) is 0. The van der Waals surface area contributed by atoms with Gasteiger partial charge >= 0.3 is 0 Å². The molecule has 0 aliphatic rings. The molecule has 15 heavy (non-hydrogen) atoms. The van der Waals surface area contributed by atoms with Gasteiger partial charge in [-0.3, -0.25) is 5.43 Å². The Morgan fingerprint density at radius 1 is 1.40 bits per heavy atom. The molecule has 0 atom stereocenters. The summed E-state index contributed by atoms with van der Waals surface area (Å²) < 4.78 is 0. The van der Waals surface area contributed by atoms with Crippen LogP contribution in [-0.4, -0.2) is 21.3 Å². The van der Waals surface area contributed by atoms with E-state index in [9.17, 15) is 0 Å². The molecule has 5 N–H and O–H groups in total. The molecule has 1 rings (SSSR count). The summed E-state index contributed by atoms with van der Waals surface area (Å²) in [5, 5.41) is 3.85. The third-order valence-corrected chi connectivity index (χ3v) is 1.70. The van der Waals surface area contributed by atoms with Gasteiger partial charge in [-0.05, 0) is 24.4 Å². The molecule has 1 aromatic heterocycles. The molecule has 0 saturated carbocycles. The van der Waals surface area contributed by atoms with Gasteiger partial charge in [0.25, 0.3) is 0 Å². The molecular weight excluding hydrogens is 230 g/mol. The van der Waals surface area contributed by atoms with Crippen molar-refractivity contribution in [3.8, 4) is 0 Å². The van der Waals surface area contributed by atoms with Crippen LogP contribution < -0.4 is 16.9 Å². The minimum atomic E-state index is 0.0942. The summed E-state index contributed by atoms with van der Waals surface area (Å²) in [4.78, 5) is 4.37. The first kappa shape index (κ1) is 11.5. The number of nitrogens with zero attached hydrogens (tertiary/aromatic N) is 2. The first-order valence-corrected chi connectivity index (χ1v) is 4.76. The zero-order valence-corrected chi connectivity index (χ0v) is 9.31. The minimum Gasteiger partial charge on any atom is -0.388 e. The Balaban J connectivity index is 2.78. The van der Waals surface area contributed by atoms with Crippen molar-refractivity contribution in [2.24, 2.45) is 16.6 Å². The van der Waals surface area contributed by atoms with Gasteiger partial charge in [-0.25, -0.2) is 4.98 Å². The second-order valence-electron chi connectivity index (χ2n) is 2.55. The van der Waals surface area contributed by atoms with Gasteiger partial charge in [0.2, 0.25) is 0 Å². The average molecular weight is 239 g/mol. The van der Waals surface area contributed by atoms with Gasteiger partial charge in [-0.15, -0.1) is 0 Å². The lowest BCUT2D eigenvalue weighted by Gasteiger charge is -1.98. The predicted molar refractivity (Wildman–Crippen MR) is 67.6 cm³/mol. The van der Waals surface area contributed by atoms with Gasteiger partial charge in [0.1, 0.15) is 4.99 Å². The van der Waals surface area contributed by atoms with Crippen LogP contribution in [0.4, 0.5) is 0 Å². The SMILES string of the molecule is NC(=S)N/N=C\c1cccc(C(N)=S)n1. The van der Waals surface area contributed by atoms with Gasteiger partial charge in [-0.1, -0.05) is 18.3 Å². The van der Waals surface area contributed by atoms with Crippen LogP contribution in [0.1, 0.15) is 11.4 Å². The maximum atomic E-state index is 5.43. The van der Waals surface area contributed by atoms with E-state index in [0.29, 0.717) is 11.4 Å². The van der Waals surface area contributed by atoms with Gasteiger partial charge in [-0.2, -0.15) is 5.10 Å². The fourth-order valence-corrected chi connectivity index (χ4v) is 0.989. The Bertz CT molecular complexity index is 415. The molecule has 1 aromatic rings. The molecule has 0 saturated heterocycles. The highest BCUT2D eigenvalue weighted by Gasteiger charge is 1.97. The zero-order chi connectivity index (χ0) is 11.3. The van der Waals surface area contributed by atoms with Crippen molar-refractivity contribution in [1.29, 1.82) is 0 Å². The van der Waals surface area contributed by atoms with E-state index >= 15 is 0 Å². The first-order valence-electron chi connectivity index (χ1n) is 3.95. The highest BCUT2D eigenvalue weighted by atomic mass is 32.1. The number of nitrogens with one attached hydrogen (secondary N) is 1. The van der Waals surface area contributed by atoms with Crippen LogP contribution in [0.15, 0.2) is 23.3 Å². The highest BCUT2D eigenvalue weighted by Crippen LogP contribution is 1.96. The Morgan fingerprint density at radius 2 is 2.13 bits per heavy atom. The first-order chi connectivity index (χ1) is 7.09. The molecular formula is C8H9N5S2. The molecule has 78 valence electrons. The van der Waals surface area contributed by atoms with Gasteiger partial charge < -0.3 is 11.5 Å². The smallest absolute Gasteiger partial charge is 0.184 e. The normalized spacial score (nSPS) is 10.1. The summed E-state index contributed by atoms with van der Waals surface area (Å²) in [5.41, 5.74) is 14.2. The Labute approximate surface area is 97.6 Å². The van der Waals surface area contributed by atoms with Crippen molar-refractivity contribution < 1.29 is 0 Å². The number of hydrogen-bond acceptors (Lipinski definition) is 4. The predicted octanol–water partition coefficient (Wildman–Crippen LogP) is -0.117. The van der Waals surface area contributed by atoms with Gasteiger partial charge in [0.15, 0.2) is 5.11 Å².